The summed E-state index contributed by atoms with van der Waals surface area (Å²) in [7, 11) is 0. The molecule has 3 rings (SSSR count). The molecule has 26 heavy (non-hydrogen) atoms. The summed E-state index contributed by atoms with van der Waals surface area (Å²) < 4.78 is 0. The first kappa shape index (κ1) is 18.6. The molecule has 2 heteroatoms. The van der Waals surface area contributed by atoms with Crippen LogP contribution in [0.2, 0.25) is 0 Å². The summed E-state index contributed by atoms with van der Waals surface area (Å²) in [5.41, 5.74) is 9.23. The molecule has 1 N–H and O–H groups in total. The number of nitrogens with one attached hydrogen (secondary N) is 1. The van der Waals surface area contributed by atoms with Gasteiger partial charge in [0, 0.05) is 35.7 Å². The van der Waals surface area contributed by atoms with Crippen molar-refractivity contribution < 1.29 is 0 Å². The maximum Gasteiger partial charge on any atom is 0.0497 e. The molecule has 138 valence electrons. The van der Waals surface area contributed by atoms with Crippen molar-refractivity contribution in [1.29, 1.82) is 0 Å². The normalized spacial score (nSPS) is 18.9. The molecule has 0 aromatic heterocycles. The van der Waals surface area contributed by atoms with Gasteiger partial charge in [-0.15, -0.1) is 0 Å². The summed E-state index contributed by atoms with van der Waals surface area (Å²) in [6.07, 6.45) is 11.6. The molecule has 1 aromatic rings. The summed E-state index contributed by atoms with van der Waals surface area (Å²) in [5.74, 6) is 0. The number of anilines is 1. The van der Waals surface area contributed by atoms with Crippen LogP contribution >= 0.6 is 0 Å². The van der Waals surface area contributed by atoms with E-state index >= 15 is 0 Å². The summed E-state index contributed by atoms with van der Waals surface area (Å²) in [5, 5.41) is 3.57. The summed E-state index contributed by atoms with van der Waals surface area (Å²) in [4.78, 5) is 2.53. The molecule has 0 amide bonds. The maximum absolute atomic E-state index is 4.15. The van der Waals surface area contributed by atoms with Crippen LogP contribution in [-0.4, -0.2) is 13.1 Å². The molecule has 0 spiro atoms. The number of aryl methyl sites for hydroxylation is 2. The van der Waals surface area contributed by atoms with Crippen LogP contribution in [0, 0.1) is 13.8 Å². The molecular weight excluding hydrogens is 316 g/mol. The third-order valence-corrected chi connectivity index (χ3v) is 5.57. The molecule has 1 aliphatic heterocycles. The average molecular weight is 349 g/mol. The zero-order chi connectivity index (χ0) is 18.5. The molecule has 0 radical (unpaired) electrons. The Morgan fingerprint density at radius 3 is 2.38 bits per heavy atom. The van der Waals surface area contributed by atoms with E-state index in [1.54, 1.807) is 5.57 Å². The highest BCUT2D eigenvalue weighted by Gasteiger charge is 2.25. The second-order valence-corrected chi connectivity index (χ2v) is 7.47. The van der Waals surface area contributed by atoms with Gasteiger partial charge in [0.25, 0.3) is 0 Å². The molecule has 1 aromatic carbocycles. The number of allylic oxidation sites excluding steroid dienone is 3. The lowest BCUT2D eigenvalue weighted by atomic mass is 9.96. The van der Waals surface area contributed by atoms with E-state index in [2.05, 4.69) is 55.4 Å². The maximum atomic E-state index is 4.15. The molecular formula is C24H32N2. The van der Waals surface area contributed by atoms with Gasteiger partial charge >= 0.3 is 0 Å². The Kier molecular flexibility index (Phi) is 6.03. The molecule has 1 heterocycles. The van der Waals surface area contributed by atoms with E-state index in [1.165, 1.54) is 66.6 Å². The number of hydrogen-bond acceptors (Lipinski definition) is 2. The Labute approximate surface area is 159 Å². The Morgan fingerprint density at radius 1 is 1.00 bits per heavy atom. The molecule has 0 saturated heterocycles. The van der Waals surface area contributed by atoms with E-state index in [4.69, 9.17) is 0 Å². The number of benzene rings is 1. The van der Waals surface area contributed by atoms with Crippen molar-refractivity contribution in [3.8, 4) is 0 Å². The molecule has 2 nitrogen and oxygen atoms in total. The largest absolute Gasteiger partial charge is 0.383 e. The predicted octanol–water partition coefficient (Wildman–Crippen LogP) is 5.95. The van der Waals surface area contributed by atoms with Gasteiger partial charge < -0.3 is 10.2 Å². The first-order valence-corrected chi connectivity index (χ1v) is 9.96. The smallest absolute Gasteiger partial charge is 0.0497 e. The van der Waals surface area contributed by atoms with Gasteiger partial charge in [-0.2, -0.15) is 0 Å². The zero-order valence-electron chi connectivity index (χ0n) is 16.4. The van der Waals surface area contributed by atoms with E-state index in [-0.39, 0.29) is 0 Å². The second-order valence-electron chi connectivity index (χ2n) is 7.47. The van der Waals surface area contributed by atoms with Crippen LogP contribution in [0.25, 0.3) is 0 Å². The van der Waals surface area contributed by atoms with E-state index in [9.17, 15) is 0 Å². The van der Waals surface area contributed by atoms with Gasteiger partial charge in [-0.3, -0.25) is 0 Å². The lowest BCUT2D eigenvalue weighted by Gasteiger charge is -2.31. The highest BCUT2D eigenvalue weighted by Crippen LogP contribution is 2.36. The van der Waals surface area contributed by atoms with E-state index in [1.807, 2.05) is 12.2 Å². The van der Waals surface area contributed by atoms with Crippen molar-refractivity contribution in [1.82, 2.24) is 5.32 Å². The molecule has 1 aliphatic carbocycles. The SMILES string of the molecule is C=CC1=C(C=C)C(=C2CCCCCC2)N(c2cc(C)ccc2C)CCN1. The number of nitrogens with zero attached hydrogens (tertiary/aromatic N) is 1. The van der Waals surface area contributed by atoms with Gasteiger partial charge in [-0.1, -0.05) is 44.2 Å². The summed E-state index contributed by atoms with van der Waals surface area (Å²) >= 11 is 0. The Morgan fingerprint density at radius 2 is 1.73 bits per heavy atom. The minimum atomic E-state index is 0.906. The standard InChI is InChI=1S/C24H32N2/c1-5-21-22(6-2)25-15-16-26(23-17-18(3)13-14-19(23)4)24(21)20-11-9-7-8-10-12-20/h5-6,13-14,17,25H,1-2,7-12,15-16H2,3-4H3. The highest BCUT2D eigenvalue weighted by atomic mass is 15.2. The van der Waals surface area contributed by atoms with Crippen molar-refractivity contribution in [3.05, 3.63) is 77.2 Å². The fourth-order valence-corrected chi connectivity index (χ4v) is 4.20. The van der Waals surface area contributed by atoms with Gasteiger partial charge in [0.15, 0.2) is 0 Å². The number of hydrogen-bond donors (Lipinski definition) is 1. The van der Waals surface area contributed by atoms with Crippen molar-refractivity contribution >= 4 is 5.69 Å². The fraction of sp³-hybridized carbons (Fsp3) is 0.417. The van der Waals surface area contributed by atoms with Gasteiger partial charge in [-0.25, -0.2) is 0 Å². The first-order valence-electron chi connectivity index (χ1n) is 9.96. The zero-order valence-corrected chi connectivity index (χ0v) is 16.4. The Balaban J connectivity index is 2.22. The molecule has 0 bridgehead atoms. The van der Waals surface area contributed by atoms with Gasteiger partial charge in [-0.05, 0) is 68.4 Å². The van der Waals surface area contributed by atoms with E-state index < -0.39 is 0 Å². The highest BCUT2D eigenvalue weighted by molar-refractivity contribution is 5.66. The summed E-state index contributed by atoms with van der Waals surface area (Å²) in [6.45, 7) is 14.5. The third-order valence-electron chi connectivity index (χ3n) is 5.57. The van der Waals surface area contributed by atoms with Crippen LogP contribution in [0.1, 0.15) is 49.7 Å². The molecule has 1 fully saturated rings. The minimum Gasteiger partial charge on any atom is -0.383 e. The second kappa shape index (κ2) is 8.44. The lowest BCUT2D eigenvalue weighted by molar-refractivity contribution is 0.702. The summed E-state index contributed by atoms with van der Waals surface area (Å²) in [6, 6.07) is 6.77. The monoisotopic (exact) mass is 348 g/mol. The van der Waals surface area contributed by atoms with Crippen molar-refractivity contribution in [2.45, 2.75) is 52.4 Å². The predicted molar refractivity (Wildman–Crippen MR) is 113 cm³/mol. The van der Waals surface area contributed by atoms with E-state index in [0.29, 0.717) is 0 Å². The van der Waals surface area contributed by atoms with Crippen LogP contribution in [0.4, 0.5) is 5.69 Å². The van der Waals surface area contributed by atoms with Crippen molar-refractivity contribution in [2.75, 3.05) is 18.0 Å². The molecule has 2 aliphatic rings. The third kappa shape index (κ3) is 3.80. The molecule has 0 atom stereocenters. The van der Waals surface area contributed by atoms with Crippen molar-refractivity contribution in [3.63, 3.8) is 0 Å². The van der Waals surface area contributed by atoms with Crippen LogP contribution < -0.4 is 10.2 Å². The lowest BCUT2D eigenvalue weighted by Crippen LogP contribution is -2.29. The van der Waals surface area contributed by atoms with Crippen LogP contribution in [0.15, 0.2) is 66.0 Å². The van der Waals surface area contributed by atoms with Gasteiger partial charge in [0.2, 0.25) is 0 Å². The minimum absolute atomic E-state index is 0.906. The van der Waals surface area contributed by atoms with Crippen LogP contribution in [-0.2, 0) is 0 Å². The van der Waals surface area contributed by atoms with Gasteiger partial charge in [0.1, 0.15) is 0 Å². The Bertz CT molecular complexity index is 741. The van der Waals surface area contributed by atoms with Gasteiger partial charge in [0.05, 0.1) is 0 Å². The first-order chi connectivity index (χ1) is 12.7. The average Bonchev–Trinajstić information content (AvgIpc) is 3.01. The Hall–Kier alpha value is -2.22. The molecule has 1 saturated carbocycles. The quantitative estimate of drug-likeness (QED) is 0.679. The van der Waals surface area contributed by atoms with E-state index in [0.717, 1.165) is 18.8 Å². The fourth-order valence-electron chi connectivity index (χ4n) is 4.20. The topological polar surface area (TPSA) is 15.3 Å². The van der Waals surface area contributed by atoms with Crippen molar-refractivity contribution in [2.24, 2.45) is 0 Å². The van der Waals surface area contributed by atoms with Crippen LogP contribution in [0.3, 0.4) is 0 Å². The van der Waals surface area contributed by atoms with Crippen LogP contribution in [0.5, 0.6) is 0 Å². The molecule has 0 unspecified atom stereocenters. The number of rotatable bonds is 3.